The van der Waals surface area contributed by atoms with Gasteiger partial charge in [-0.05, 0) is 32.9 Å². The van der Waals surface area contributed by atoms with E-state index < -0.39 is 5.54 Å². The molecule has 164 valence electrons. The van der Waals surface area contributed by atoms with Gasteiger partial charge in [-0.1, -0.05) is 48.0 Å². The lowest BCUT2D eigenvalue weighted by Gasteiger charge is -2.42. The van der Waals surface area contributed by atoms with E-state index in [2.05, 4.69) is 27.2 Å². The van der Waals surface area contributed by atoms with Gasteiger partial charge in [0.2, 0.25) is 5.91 Å². The number of hydrogen-bond acceptors (Lipinski definition) is 5. The van der Waals surface area contributed by atoms with Gasteiger partial charge in [-0.25, -0.2) is 0 Å². The van der Waals surface area contributed by atoms with E-state index in [0.717, 1.165) is 27.8 Å². The highest BCUT2D eigenvalue weighted by Crippen LogP contribution is 2.32. The monoisotopic (exact) mass is 459 g/mol. The summed E-state index contributed by atoms with van der Waals surface area (Å²) in [5.41, 5.74) is 6.97. The third-order valence-electron chi connectivity index (χ3n) is 5.52. The summed E-state index contributed by atoms with van der Waals surface area (Å²) in [6.45, 7) is 7.53. The molecule has 0 saturated carbocycles. The molecule has 2 aromatic carbocycles. The lowest BCUT2D eigenvalue weighted by atomic mass is 10.0. The average molecular weight is 460 g/mol. The minimum Gasteiger partial charge on any atom is -0.351 e. The lowest BCUT2D eigenvalue weighted by molar-refractivity contribution is -0.138. The van der Waals surface area contributed by atoms with Gasteiger partial charge < -0.3 is 15.5 Å². The van der Waals surface area contributed by atoms with Gasteiger partial charge in [-0.15, -0.1) is 22.6 Å². The zero-order valence-corrected chi connectivity index (χ0v) is 19.5. The minimum atomic E-state index is -0.872. The van der Waals surface area contributed by atoms with E-state index in [9.17, 15) is 4.79 Å². The van der Waals surface area contributed by atoms with Gasteiger partial charge in [0.1, 0.15) is 5.69 Å². The fraction of sp³-hybridized carbons (Fsp3) is 0.348. The first-order valence-electron chi connectivity index (χ1n) is 10.1. The van der Waals surface area contributed by atoms with Crippen LogP contribution in [0.15, 0.2) is 48.5 Å². The molecule has 1 atom stereocenters. The van der Waals surface area contributed by atoms with Crippen LogP contribution in [0.25, 0.3) is 22.0 Å². The molecular weight excluding hydrogens is 433 g/mol. The summed E-state index contributed by atoms with van der Waals surface area (Å²) in [6, 6.07) is 15.8. The molecule has 0 spiro atoms. The second-order valence-electron chi connectivity index (χ2n) is 8.44. The third kappa shape index (κ3) is 4.61. The average Bonchev–Trinajstić information content (AvgIpc) is 2.72. The van der Waals surface area contributed by atoms with Crippen molar-refractivity contribution in [2.45, 2.75) is 32.4 Å². The number of nitrogens with two attached hydrogens (primary N) is 1. The van der Waals surface area contributed by atoms with Crippen LogP contribution in [0.3, 0.4) is 0 Å². The molecule has 1 saturated heterocycles. The number of aromatic nitrogens is 2. The summed E-state index contributed by atoms with van der Waals surface area (Å²) in [5, 5.41) is 11.9. The molecule has 4 rings (SSSR count). The van der Waals surface area contributed by atoms with Crippen LogP contribution >= 0.6 is 24.0 Å². The van der Waals surface area contributed by atoms with Gasteiger partial charge in [0.25, 0.3) is 0 Å². The van der Waals surface area contributed by atoms with Gasteiger partial charge in [0.05, 0.1) is 5.54 Å². The largest absolute Gasteiger partial charge is 0.351 e. The lowest BCUT2D eigenvalue weighted by Crippen LogP contribution is -2.60. The quantitative estimate of drug-likeness (QED) is 0.636. The van der Waals surface area contributed by atoms with E-state index in [1.165, 1.54) is 0 Å². The molecule has 31 heavy (non-hydrogen) atoms. The summed E-state index contributed by atoms with van der Waals surface area (Å²) >= 11 is 6.04. The highest BCUT2D eigenvalue weighted by Gasteiger charge is 2.35. The number of piperazine rings is 1. The van der Waals surface area contributed by atoms with Crippen LogP contribution in [0, 0.1) is 0 Å². The summed E-state index contributed by atoms with van der Waals surface area (Å²) in [5.74, 6) is 0.818. The number of halogens is 2. The fourth-order valence-corrected chi connectivity index (χ4v) is 4.09. The highest BCUT2D eigenvalue weighted by molar-refractivity contribution is 6.30. The summed E-state index contributed by atoms with van der Waals surface area (Å²) in [6.07, 6.45) is 0. The Morgan fingerprint density at radius 2 is 1.71 bits per heavy atom. The molecule has 1 amide bonds. The number of carbonyl (C=O) groups excluding carboxylic acids is 1. The Bertz CT molecular complexity index is 1080. The second kappa shape index (κ2) is 8.99. The van der Waals surface area contributed by atoms with Crippen LogP contribution < -0.4 is 10.6 Å². The number of fused-ring (bicyclic) bond motifs is 1. The third-order valence-corrected chi connectivity index (χ3v) is 5.78. The molecular formula is C23H27Cl2N5O. The van der Waals surface area contributed by atoms with Crippen LogP contribution in [0.4, 0.5) is 5.82 Å². The molecule has 0 aliphatic carbocycles. The molecule has 1 aliphatic heterocycles. The van der Waals surface area contributed by atoms with Crippen molar-refractivity contribution < 1.29 is 4.79 Å². The minimum absolute atomic E-state index is 0. The first-order valence-corrected chi connectivity index (χ1v) is 10.5. The number of carbonyl (C=O) groups is 1. The first kappa shape index (κ1) is 23.3. The van der Waals surface area contributed by atoms with E-state index in [1.807, 2.05) is 48.2 Å². The molecule has 0 bridgehead atoms. The van der Waals surface area contributed by atoms with Gasteiger partial charge in [0, 0.05) is 47.0 Å². The first-order chi connectivity index (χ1) is 14.3. The predicted molar refractivity (Wildman–Crippen MR) is 129 cm³/mol. The topological polar surface area (TPSA) is 75.4 Å². The zero-order valence-electron chi connectivity index (χ0n) is 17.9. The molecule has 2 heterocycles. The highest BCUT2D eigenvalue weighted by atomic mass is 35.5. The number of nitrogens with zero attached hydrogens (tertiary/aromatic N) is 4. The van der Waals surface area contributed by atoms with E-state index in [0.29, 0.717) is 24.7 Å². The molecule has 8 heteroatoms. The Morgan fingerprint density at radius 3 is 2.32 bits per heavy atom. The van der Waals surface area contributed by atoms with Crippen molar-refractivity contribution in [2.24, 2.45) is 5.73 Å². The standard InChI is InChI=1S/C23H26ClN5O.ClH/c1-15-14-28(12-13-29(15)22(30)23(2,3)25)21-19-7-5-4-6-18(19)20(26-27-21)16-8-10-17(24)11-9-16;/h4-11,15H,12-14,25H2,1-3H3;1H/t15-;/m1./s1. The molecule has 1 aromatic heterocycles. The second-order valence-corrected chi connectivity index (χ2v) is 8.88. The van der Waals surface area contributed by atoms with Gasteiger partial charge in [0.15, 0.2) is 5.82 Å². The van der Waals surface area contributed by atoms with Crippen molar-refractivity contribution in [2.75, 3.05) is 24.5 Å². The summed E-state index contributed by atoms with van der Waals surface area (Å²) < 4.78 is 0. The Hall–Kier alpha value is -2.41. The van der Waals surface area contributed by atoms with Crippen molar-refractivity contribution >= 4 is 46.5 Å². The van der Waals surface area contributed by atoms with Crippen molar-refractivity contribution in [3.8, 4) is 11.3 Å². The fourth-order valence-electron chi connectivity index (χ4n) is 3.97. The number of amides is 1. The van der Waals surface area contributed by atoms with Crippen molar-refractivity contribution in [3.05, 3.63) is 53.6 Å². The van der Waals surface area contributed by atoms with E-state index >= 15 is 0 Å². The van der Waals surface area contributed by atoms with Crippen LogP contribution in [0.1, 0.15) is 20.8 Å². The van der Waals surface area contributed by atoms with E-state index in [-0.39, 0.29) is 24.4 Å². The zero-order chi connectivity index (χ0) is 21.5. The Kier molecular flexibility index (Phi) is 6.74. The van der Waals surface area contributed by atoms with E-state index in [4.69, 9.17) is 17.3 Å². The van der Waals surface area contributed by atoms with Gasteiger partial charge in [-0.3, -0.25) is 4.79 Å². The molecule has 1 aliphatic rings. The molecule has 2 N–H and O–H groups in total. The summed E-state index contributed by atoms with van der Waals surface area (Å²) in [7, 11) is 0. The van der Waals surface area contributed by atoms with Gasteiger partial charge >= 0.3 is 0 Å². The number of benzene rings is 2. The van der Waals surface area contributed by atoms with Crippen LogP contribution in [-0.2, 0) is 4.79 Å². The maximum absolute atomic E-state index is 12.7. The van der Waals surface area contributed by atoms with Crippen molar-refractivity contribution in [3.63, 3.8) is 0 Å². The molecule has 3 aromatic rings. The van der Waals surface area contributed by atoms with Crippen molar-refractivity contribution in [1.29, 1.82) is 0 Å². The van der Waals surface area contributed by atoms with Gasteiger partial charge in [-0.2, -0.15) is 0 Å². The Morgan fingerprint density at radius 1 is 1.06 bits per heavy atom. The summed E-state index contributed by atoms with van der Waals surface area (Å²) in [4.78, 5) is 16.7. The normalized spacial score (nSPS) is 16.9. The van der Waals surface area contributed by atoms with E-state index in [1.54, 1.807) is 13.8 Å². The maximum Gasteiger partial charge on any atom is 0.242 e. The number of anilines is 1. The molecule has 6 nitrogen and oxygen atoms in total. The van der Waals surface area contributed by atoms with Crippen molar-refractivity contribution in [1.82, 2.24) is 15.1 Å². The van der Waals surface area contributed by atoms with Crippen LogP contribution in [0.5, 0.6) is 0 Å². The smallest absolute Gasteiger partial charge is 0.242 e. The Balaban J connectivity index is 0.00000272. The van der Waals surface area contributed by atoms with Crippen LogP contribution in [-0.4, -0.2) is 52.2 Å². The number of hydrogen-bond donors (Lipinski definition) is 1. The number of rotatable bonds is 3. The molecule has 0 radical (unpaired) electrons. The molecule has 1 fully saturated rings. The maximum atomic E-state index is 12.7. The molecule has 0 unspecified atom stereocenters. The van der Waals surface area contributed by atoms with Crippen LogP contribution in [0.2, 0.25) is 5.02 Å². The predicted octanol–water partition coefficient (Wildman–Crippen LogP) is 4.15. The SMILES string of the molecule is C[C@@H]1CN(c2nnc(-c3ccc(Cl)cc3)c3ccccc23)CCN1C(=O)C(C)(C)N.Cl. The Labute approximate surface area is 193 Å².